The molecular weight excluding hydrogens is 371 g/mol. The van der Waals surface area contributed by atoms with Crippen LogP contribution in [0.3, 0.4) is 0 Å². The average Bonchev–Trinajstić information content (AvgIpc) is 2.75. The van der Waals surface area contributed by atoms with Crippen LogP contribution in [0.2, 0.25) is 0 Å². The van der Waals surface area contributed by atoms with E-state index in [0.717, 1.165) is 11.4 Å². The summed E-state index contributed by atoms with van der Waals surface area (Å²) < 4.78 is 14.7. The van der Waals surface area contributed by atoms with Crippen molar-refractivity contribution in [3.63, 3.8) is 0 Å². The van der Waals surface area contributed by atoms with Crippen LogP contribution in [0, 0.1) is 12.7 Å². The summed E-state index contributed by atoms with van der Waals surface area (Å²) in [5.74, 6) is -0.638. The molecule has 2 heterocycles. The highest BCUT2D eigenvalue weighted by atomic mass is 19.1. The molecule has 0 atom stereocenters. The van der Waals surface area contributed by atoms with Crippen LogP contribution in [0.4, 0.5) is 10.1 Å². The SMILES string of the molecule is Cc1cc(=O)c(C(=O)N2CCN(c3ccc(F)cc3)CC2)nn1-c1ccccc1. The summed E-state index contributed by atoms with van der Waals surface area (Å²) in [7, 11) is 0. The minimum Gasteiger partial charge on any atom is -0.368 e. The zero-order valence-electron chi connectivity index (χ0n) is 16.1. The first-order valence-electron chi connectivity index (χ1n) is 9.49. The molecule has 0 radical (unpaired) electrons. The summed E-state index contributed by atoms with van der Waals surface area (Å²) in [4.78, 5) is 29.2. The van der Waals surface area contributed by atoms with Crippen LogP contribution >= 0.6 is 0 Å². The molecule has 2 aromatic carbocycles. The second-order valence-corrected chi connectivity index (χ2v) is 7.00. The predicted molar refractivity (Wildman–Crippen MR) is 109 cm³/mol. The fourth-order valence-corrected chi connectivity index (χ4v) is 3.50. The van der Waals surface area contributed by atoms with Crippen LogP contribution in [-0.2, 0) is 0 Å². The molecule has 7 heteroatoms. The molecule has 1 fully saturated rings. The summed E-state index contributed by atoms with van der Waals surface area (Å²) in [6, 6.07) is 17.2. The van der Waals surface area contributed by atoms with Gasteiger partial charge < -0.3 is 9.80 Å². The summed E-state index contributed by atoms with van der Waals surface area (Å²) in [6.45, 7) is 3.94. The first-order valence-corrected chi connectivity index (χ1v) is 9.49. The number of rotatable bonds is 3. The fraction of sp³-hybridized carbons (Fsp3) is 0.227. The second kappa shape index (κ2) is 7.87. The first kappa shape index (κ1) is 18.9. The maximum absolute atomic E-state index is 13.1. The van der Waals surface area contributed by atoms with E-state index in [4.69, 9.17) is 0 Å². The molecule has 1 amide bonds. The molecule has 0 N–H and O–H groups in total. The Morgan fingerprint density at radius 3 is 2.24 bits per heavy atom. The molecule has 1 aromatic heterocycles. The number of piperazine rings is 1. The van der Waals surface area contributed by atoms with E-state index in [0.29, 0.717) is 31.9 Å². The lowest BCUT2D eigenvalue weighted by Crippen LogP contribution is -2.50. The molecule has 6 nitrogen and oxygen atoms in total. The standard InChI is InChI=1S/C22H21FN4O2/c1-16-15-20(28)21(24-27(16)19-5-3-2-4-6-19)22(29)26-13-11-25(12-14-26)18-9-7-17(23)8-10-18/h2-10,15H,11-14H2,1H3. The second-order valence-electron chi connectivity index (χ2n) is 7.00. The van der Waals surface area contributed by atoms with Crippen LogP contribution in [0.25, 0.3) is 5.69 Å². The topological polar surface area (TPSA) is 58.4 Å². The Bertz CT molecular complexity index is 1070. The van der Waals surface area contributed by atoms with Crippen LogP contribution < -0.4 is 10.3 Å². The van der Waals surface area contributed by atoms with E-state index in [1.54, 1.807) is 28.6 Å². The zero-order chi connectivity index (χ0) is 20.4. The number of para-hydroxylation sites is 1. The molecule has 1 aliphatic heterocycles. The van der Waals surface area contributed by atoms with Gasteiger partial charge in [0.15, 0.2) is 5.69 Å². The van der Waals surface area contributed by atoms with Gasteiger partial charge in [0.2, 0.25) is 5.43 Å². The van der Waals surface area contributed by atoms with Gasteiger partial charge in [0.1, 0.15) is 5.82 Å². The Balaban J connectivity index is 1.53. The molecule has 1 saturated heterocycles. The highest BCUT2D eigenvalue weighted by Gasteiger charge is 2.26. The van der Waals surface area contributed by atoms with Crippen molar-refractivity contribution >= 4 is 11.6 Å². The van der Waals surface area contributed by atoms with Crippen molar-refractivity contribution in [1.29, 1.82) is 0 Å². The van der Waals surface area contributed by atoms with Crippen LogP contribution in [-0.4, -0.2) is 46.8 Å². The maximum atomic E-state index is 13.1. The van der Waals surface area contributed by atoms with Gasteiger partial charge >= 0.3 is 0 Å². The lowest BCUT2D eigenvalue weighted by molar-refractivity contribution is 0.0737. The Morgan fingerprint density at radius 1 is 0.931 bits per heavy atom. The molecule has 3 aromatic rings. The number of aromatic nitrogens is 2. The van der Waals surface area contributed by atoms with Crippen molar-refractivity contribution < 1.29 is 9.18 Å². The molecule has 0 spiro atoms. The van der Waals surface area contributed by atoms with Crippen LogP contribution in [0.1, 0.15) is 16.2 Å². The highest BCUT2D eigenvalue weighted by molar-refractivity contribution is 5.92. The van der Waals surface area contributed by atoms with Gasteiger partial charge in [0, 0.05) is 43.6 Å². The normalized spacial score (nSPS) is 14.1. The van der Waals surface area contributed by atoms with Gasteiger partial charge in [-0.05, 0) is 43.3 Å². The third-order valence-corrected chi connectivity index (χ3v) is 5.07. The summed E-state index contributed by atoms with van der Waals surface area (Å²) in [5, 5.41) is 4.36. The van der Waals surface area contributed by atoms with Crippen molar-refractivity contribution in [1.82, 2.24) is 14.7 Å². The molecule has 29 heavy (non-hydrogen) atoms. The minimum absolute atomic E-state index is 0.0744. The van der Waals surface area contributed by atoms with E-state index in [1.807, 2.05) is 30.3 Å². The molecular formula is C22H21FN4O2. The Hall–Kier alpha value is -3.48. The first-order chi connectivity index (χ1) is 14.0. The van der Waals surface area contributed by atoms with Crippen LogP contribution in [0.5, 0.6) is 0 Å². The summed E-state index contributed by atoms with van der Waals surface area (Å²) in [5.41, 5.74) is 1.92. The van der Waals surface area contributed by atoms with Crippen molar-refractivity contribution in [3.05, 3.63) is 88.1 Å². The van der Waals surface area contributed by atoms with Gasteiger partial charge in [-0.15, -0.1) is 0 Å². The van der Waals surface area contributed by atoms with Gasteiger partial charge in [-0.2, -0.15) is 5.10 Å². The minimum atomic E-state index is -0.374. The van der Waals surface area contributed by atoms with Crippen molar-refractivity contribution in [2.45, 2.75) is 6.92 Å². The third kappa shape index (κ3) is 3.89. The Kier molecular flexibility index (Phi) is 5.12. The summed E-state index contributed by atoms with van der Waals surface area (Å²) in [6.07, 6.45) is 0. The number of carbonyl (C=O) groups is 1. The Morgan fingerprint density at radius 2 is 1.59 bits per heavy atom. The van der Waals surface area contributed by atoms with Gasteiger partial charge in [-0.1, -0.05) is 18.2 Å². The van der Waals surface area contributed by atoms with E-state index in [9.17, 15) is 14.0 Å². The van der Waals surface area contributed by atoms with Gasteiger partial charge in [-0.25, -0.2) is 9.07 Å². The zero-order valence-corrected chi connectivity index (χ0v) is 16.1. The van der Waals surface area contributed by atoms with E-state index >= 15 is 0 Å². The van der Waals surface area contributed by atoms with Gasteiger partial charge in [-0.3, -0.25) is 9.59 Å². The van der Waals surface area contributed by atoms with E-state index in [2.05, 4.69) is 10.00 Å². The number of amides is 1. The largest absolute Gasteiger partial charge is 0.368 e. The van der Waals surface area contributed by atoms with E-state index < -0.39 is 0 Å². The molecule has 0 aliphatic carbocycles. The number of anilines is 1. The summed E-state index contributed by atoms with van der Waals surface area (Å²) >= 11 is 0. The van der Waals surface area contributed by atoms with Crippen molar-refractivity contribution in [2.24, 2.45) is 0 Å². The fourth-order valence-electron chi connectivity index (χ4n) is 3.50. The van der Waals surface area contributed by atoms with Crippen LogP contribution in [0.15, 0.2) is 65.5 Å². The number of benzene rings is 2. The number of aryl methyl sites for hydroxylation is 1. The number of nitrogens with zero attached hydrogens (tertiary/aromatic N) is 4. The van der Waals surface area contributed by atoms with Gasteiger partial charge in [0.25, 0.3) is 5.91 Å². The lowest BCUT2D eigenvalue weighted by Gasteiger charge is -2.35. The van der Waals surface area contributed by atoms with Gasteiger partial charge in [0.05, 0.1) is 5.69 Å². The number of hydrogen-bond donors (Lipinski definition) is 0. The number of hydrogen-bond acceptors (Lipinski definition) is 4. The lowest BCUT2D eigenvalue weighted by atomic mass is 10.2. The van der Waals surface area contributed by atoms with E-state index in [1.165, 1.54) is 18.2 Å². The molecule has 148 valence electrons. The van der Waals surface area contributed by atoms with Crippen molar-refractivity contribution in [2.75, 3.05) is 31.1 Å². The molecule has 1 aliphatic rings. The predicted octanol–water partition coefficient (Wildman–Crippen LogP) is 2.64. The molecule has 0 saturated carbocycles. The quantitative estimate of drug-likeness (QED) is 0.688. The average molecular weight is 392 g/mol. The molecule has 0 bridgehead atoms. The number of carbonyl (C=O) groups excluding carboxylic acids is 1. The number of halogens is 1. The van der Waals surface area contributed by atoms with E-state index in [-0.39, 0.29) is 22.8 Å². The highest BCUT2D eigenvalue weighted by Crippen LogP contribution is 2.17. The molecule has 4 rings (SSSR count). The third-order valence-electron chi connectivity index (χ3n) is 5.07. The molecule has 0 unspecified atom stereocenters. The smallest absolute Gasteiger partial charge is 0.278 e. The van der Waals surface area contributed by atoms with Crippen molar-refractivity contribution in [3.8, 4) is 5.69 Å². The maximum Gasteiger partial charge on any atom is 0.278 e. The monoisotopic (exact) mass is 392 g/mol. The Labute approximate surface area is 167 Å².